The van der Waals surface area contributed by atoms with Crippen LogP contribution in [0.2, 0.25) is 0 Å². The normalized spacial score (nSPS) is 21.3. The number of rotatable bonds is 5. The molecule has 1 fully saturated rings. The first-order valence-corrected chi connectivity index (χ1v) is 7.10. The van der Waals surface area contributed by atoms with Gasteiger partial charge in [0.05, 0.1) is 18.2 Å². The Hall–Kier alpha value is -1.50. The summed E-state index contributed by atoms with van der Waals surface area (Å²) in [5, 5.41) is 9.07. The number of fused-ring (bicyclic) bond motifs is 1. The Morgan fingerprint density at radius 3 is 2.53 bits per heavy atom. The Labute approximate surface area is 115 Å². The molecule has 0 aromatic carbocycles. The van der Waals surface area contributed by atoms with Crippen LogP contribution in [0.15, 0.2) is 10.6 Å². The lowest BCUT2D eigenvalue weighted by Gasteiger charge is -2.33. The quantitative estimate of drug-likeness (QED) is 0.757. The molecule has 2 amide bonds. The van der Waals surface area contributed by atoms with Gasteiger partial charge >= 0.3 is 5.97 Å². The van der Waals surface area contributed by atoms with Crippen LogP contribution in [0.1, 0.15) is 26.7 Å². The molecule has 0 spiro atoms. The Bertz CT molecular complexity index is 470. The fourth-order valence-electron chi connectivity index (χ4n) is 2.28. The van der Waals surface area contributed by atoms with Crippen LogP contribution in [0.25, 0.3) is 0 Å². The van der Waals surface area contributed by atoms with E-state index in [1.54, 1.807) is 4.90 Å². The van der Waals surface area contributed by atoms with Gasteiger partial charge in [0.25, 0.3) is 0 Å². The molecule has 0 saturated carbocycles. The van der Waals surface area contributed by atoms with Crippen molar-refractivity contribution in [1.82, 2.24) is 9.80 Å². The van der Waals surface area contributed by atoms with E-state index < -0.39 is 5.97 Å². The molecule has 7 heteroatoms. The van der Waals surface area contributed by atoms with Crippen LogP contribution in [0.4, 0.5) is 0 Å². The van der Waals surface area contributed by atoms with Crippen LogP contribution in [0.5, 0.6) is 0 Å². The van der Waals surface area contributed by atoms with Gasteiger partial charge < -0.3 is 10.0 Å². The average Bonchev–Trinajstić information content (AvgIpc) is 2.63. The smallest absolute Gasteiger partial charge is 0.353 e. The monoisotopic (exact) mass is 284 g/mol. The number of carboxylic acids is 1. The van der Waals surface area contributed by atoms with Crippen molar-refractivity contribution >= 4 is 29.5 Å². The van der Waals surface area contributed by atoms with E-state index in [0.717, 1.165) is 0 Å². The summed E-state index contributed by atoms with van der Waals surface area (Å²) < 4.78 is 0. The summed E-state index contributed by atoms with van der Waals surface area (Å²) in [6.45, 7) is 4.96. The van der Waals surface area contributed by atoms with Gasteiger partial charge in [0.1, 0.15) is 5.70 Å². The van der Waals surface area contributed by atoms with Gasteiger partial charge in [-0.05, 0) is 13.8 Å². The lowest BCUT2D eigenvalue weighted by Crippen LogP contribution is -2.48. The zero-order valence-corrected chi connectivity index (χ0v) is 11.7. The maximum Gasteiger partial charge on any atom is 0.353 e. The van der Waals surface area contributed by atoms with Gasteiger partial charge in [0.15, 0.2) is 0 Å². The summed E-state index contributed by atoms with van der Waals surface area (Å²) in [7, 11) is 0. The molecule has 6 nitrogen and oxygen atoms in total. The van der Waals surface area contributed by atoms with E-state index in [1.165, 1.54) is 16.7 Å². The van der Waals surface area contributed by atoms with Gasteiger partial charge in [-0.1, -0.05) is 0 Å². The Morgan fingerprint density at radius 2 is 2.05 bits per heavy atom. The van der Waals surface area contributed by atoms with Gasteiger partial charge in [0.2, 0.25) is 11.8 Å². The van der Waals surface area contributed by atoms with E-state index in [-0.39, 0.29) is 29.3 Å². The van der Waals surface area contributed by atoms with E-state index in [9.17, 15) is 19.5 Å². The van der Waals surface area contributed by atoms with Crippen molar-refractivity contribution in [3.05, 3.63) is 10.6 Å². The largest absolute Gasteiger partial charge is 0.477 e. The van der Waals surface area contributed by atoms with Crippen molar-refractivity contribution in [2.75, 3.05) is 13.1 Å². The molecule has 0 aromatic rings. The molecule has 0 aromatic heterocycles. The van der Waals surface area contributed by atoms with Crippen molar-refractivity contribution in [2.24, 2.45) is 0 Å². The van der Waals surface area contributed by atoms with Crippen LogP contribution in [0.3, 0.4) is 0 Å². The second-order valence-corrected chi connectivity index (χ2v) is 5.63. The fourth-order valence-corrected chi connectivity index (χ4v) is 3.66. The number of carbonyl (C=O) groups excluding carboxylic acids is 2. The Morgan fingerprint density at radius 1 is 1.42 bits per heavy atom. The zero-order valence-electron chi connectivity index (χ0n) is 10.9. The molecule has 0 radical (unpaired) electrons. The summed E-state index contributed by atoms with van der Waals surface area (Å²) in [5.74, 6) is -1.41. The maximum absolute atomic E-state index is 12.0. The highest BCUT2D eigenvalue weighted by Gasteiger charge is 2.48. The van der Waals surface area contributed by atoms with Crippen molar-refractivity contribution in [2.45, 2.75) is 32.1 Å². The number of hydrogen-bond donors (Lipinski definition) is 1. The standard InChI is InChI=1S/C12H16N2O4S/c1-3-13(4-2)8(15)5-7-11(12(17)18)14-9(16)6-10(14)19-7/h10H,3-6H2,1-2H3,(H,17,18)/t10-/m1/s1. The first kappa shape index (κ1) is 13.9. The van der Waals surface area contributed by atoms with Gasteiger partial charge in [0, 0.05) is 18.0 Å². The molecule has 104 valence electrons. The maximum atomic E-state index is 12.0. The van der Waals surface area contributed by atoms with Crippen molar-refractivity contribution in [1.29, 1.82) is 0 Å². The molecule has 0 bridgehead atoms. The minimum Gasteiger partial charge on any atom is -0.477 e. The van der Waals surface area contributed by atoms with Crippen LogP contribution >= 0.6 is 11.8 Å². The molecule has 1 saturated heterocycles. The van der Waals surface area contributed by atoms with Crippen LogP contribution in [-0.4, -0.2) is 51.2 Å². The van der Waals surface area contributed by atoms with E-state index in [1.807, 2.05) is 13.8 Å². The number of carbonyl (C=O) groups is 3. The molecule has 2 rings (SSSR count). The summed E-state index contributed by atoms with van der Waals surface area (Å²) in [6, 6.07) is 0. The Balaban J connectivity index is 2.17. The number of nitrogens with zero attached hydrogens (tertiary/aromatic N) is 2. The third-order valence-electron chi connectivity index (χ3n) is 3.32. The van der Waals surface area contributed by atoms with Gasteiger partial charge in [-0.25, -0.2) is 4.79 Å². The third-order valence-corrected chi connectivity index (χ3v) is 4.59. The molecular formula is C12H16N2O4S. The van der Waals surface area contributed by atoms with Crippen molar-refractivity contribution < 1.29 is 19.5 Å². The minimum atomic E-state index is -1.13. The van der Waals surface area contributed by atoms with Gasteiger partial charge in [-0.3, -0.25) is 14.5 Å². The van der Waals surface area contributed by atoms with E-state index >= 15 is 0 Å². The third kappa shape index (κ3) is 2.34. The van der Waals surface area contributed by atoms with Crippen molar-refractivity contribution in [3.8, 4) is 0 Å². The second-order valence-electron chi connectivity index (χ2n) is 4.36. The molecule has 2 aliphatic rings. The summed E-state index contributed by atoms with van der Waals surface area (Å²) >= 11 is 1.32. The lowest BCUT2D eigenvalue weighted by molar-refractivity contribution is -0.145. The predicted molar refractivity (Wildman–Crippen MR) is 70.0 cm³/mol. The van der Waals surface area contributed by atoms with Crippen molar-refractivity contribution in [3.63, 3.8) is 0 Å². The summed E-state index contributed by atoms with van der Waals surface area (Å²) in [6.07, 6.45) is 0.415. The van der Waals surface area contributed by atoms with Crippen LogP contribution in [-0.2, 0) is 14.4 Å². The number of thioether (sulfide) groups is 1. The molecule has 0 unspecified atom stereocenters. The zero-order chi connectivity index (χ0) is 14.2. The lowest BCUT2D eigenvalue weighted by atomic mass is 10.1. The number of aliphatic carboxylic acids is 1. The fraction of sp³-hybridized carbons (Fsp3) is 0.583. The summed E-state index contributed by atoms with van der Waals surface area (Å²) in [4.78, 5) is 38.1. The highest BCUT2D eigenvalue weighted by molar-refractivity contribution is 8.04. The van der Waals surface area contributed by atoms with Crippen LogP contribution in [0, 0.1) is 0 Å². The minimum absolute atomic E-state index is 0.00763. The average molecular weight is 284 g/mol. The highest BCUT2D eigenvalue weighted by atomic mass is 32.2. The number of carboxylic acid groups (broad SMARTS) is 1. The molecule has 0 aliphatic carbocycles. The number of amides is 2. The molecule has 1 N–H and O–H groups in total. The predicted octanol–water partition coefficient (Wildman–Crippen LogP) is 0.846. The van der Waals surface area contributed by atoms with E-state index in [2.05, 4.69) is 0 Å². The topological polar surface area (TPSA) is 77.9 Å². The molecule has 1 atom stereocenters. The van der Waals surface area contributed by atoms with Crippen LogP contribution < -0.4 is 0 Å². The number of β-lactam (4-membered cyclic amide) rings is 1. The molecule has 2 aliphatic heterocycles. The first-order chi connectivity index (χ1) is 8.99. The summed E-state index contributed by atoms with van der Waals surface area (Å²) in [5.41, 5.74) is -0.00763. The SMILES string of the molecule is CCN(CC)C(=O)CC1=C(C(=O)O)N2C(=O)C[C@H]2S1. The molecule has 2 heterocycles. The molecular weight excluding hydrogens is 268 g/mol. The van der Waals surface area contributed by atoms with E-state index in [4.69, 9.17) is 0 Å². The Kier molecular flexibility index (Phi) is 3.84. The first-order valence-electron chi connectivity index (χ1n) is 6.22. The molecule has 19 heavy (non-hydrogen) atoms. The number of hydrogen-bond acceptors (Lipinski definition) is 4. The highest BCUT2D eigenvalue weighted by Crippen LogP contribution is 2.47. The van der Waals surface area contributed by atoms with E-state index in [0.29, 0.717) is 24.4 Å². The van der Waals surface area contributed by atoms with Gasteiger partial charge in [-0.15, -0.1) is 11.8 Å². The second kappa shape index (κ2) is 5.24. The van der Waals surface area contributed by atoms with Gasteiger partial charge in [-0.2, -0.15) is 0 Å².